The van der Waals surface area contributed by atoms with Gasteiger partial charge >= 0.3 is 0 Å². The first-order valence-electron chi connectivity index (χ1n) is 8.02. The van der Waals surface area contributed by atoms with Crippen molar-refractivity contribution in [3.8, 4) is 11.5 Å². The second-order valence-electron chi connectivity index (χ2n) is 5.05. The zero-order chi connectivity index (χ0) is 15.3. The molecule has 3 nitrogen and oxygen atoms in total. The molecule has 0 heterocycles. The van der Waals surface area contributed by atoms with Gasteiger partial charge in [-0.15, -0.1) is 12.4 Å². The van der Waals surface area contributed by atoms with Crippen LogP contribution in [0.1, 0.15) is 45.1 Å². The fourth-order valence-corrected chi connectivity index (χ4v) is 2.11. The second kappa shape index (κ2) is 13.5. The minimum Gasteiger partial charge on any atom is -0.490 e. The van der Waals surface area contributed by atoms with E-state index in [1.165, 1.54) is 31.2 Å². The third kappa shape index (κ3) is 8.30. The summed E-state index contributed by atoms with van der Waals surface area (Å²) in [4.78, 5) is 0. The van der Waals surface area contributed by atoms with Crippen molar-refractivity contribution >= 4 is 12.4 Å². The fourth-order valence-electron chi connectivity index (χ4n) is 2.11. The average Bonchev–Trinajstić information content (AvgIpc) is 2.50. The van der Waals surface area contributed by atoms with Crippen molar-refractivity contribution in [1.29, 1.82) is 0 Å². The quantitative estimate of drug-likeness (QED) is 0.444. The number of ether oxygens (including phenoxy) is 2. The van der Waals surface area contributed by atoms with E-state index >= 15 is 0 Å². The van der Waals surface area contributed by atoms with Crippen LogP contribution in [0.25, 0.3) is 0 Å². The number of unbranched alkanes of at least 4 members (excludes halogenated alkanes) is 3. The number of rotatable bonds is 12. The van der Waals surface area contributed by atoms with Gasteiger partial charge in [0.25, 0.3) is 0 Å². The predicted octanol–water partition coefficient (Wildman–Crippen LogP) is 4.74. The van der Waals surface area contributed by atoms with Crippen LogP contribution in [0.5, 0.6) is 11.5 Å². The van der Waals surface area contributed by atoms with Crippen LogP contribution in [-0.4, -0.2) is 19.8 Å². The van der Waals surface area contributed by atoms with Crippen molar-refractivity contribution < 1.29 is 9.47 Å². The SMILES string of the molecule is C=CCOc1ccc(CNCCCCCC)cc1OCC.Cl. The Morgan fingerprint density at radius 2 is 1.91 bits per heavy atom. The minimum atomic E-state index is 0. The summed E-state index contributed by atoms with van der Waals surface area (Å²) in [6.45, 7) is 11.0. The van der Waals surface area contributed by atoms with Crippen molar-refractivity contribution in [2.24, 2.45) is 0 Å². The molecule has 126 valence electrons. The lowest BCUT2D eigenvalue weighted by Crippen LogP contribution is -2.14. The van der Waals surface area contributed by atoms with E-state index in [-0.39, 0.29) is 12.4 Å². The molecule has 0 radical (unpaired) electrons. The average molecular weight is 328 g/mol. The molecular weight excluding hydrogens is 298 g/mol. The number of halogens is 1. The van der Waals surface area contributed by atoms with E-state index in [2.05, 4.69) is 31.0 Å². The van der Waals surface area contributed by atoms with Crippen molar-refractivity contribution in [2.75, 3.05) is 19.8 Å². The van der Waals surface area contributed by atoms with Crippen LogP contribution in [0.4, 0.5) is 0 Å². The standard InChI is InChI=1S/C18H29NO2.ClH/c1-4-7-8-9-12-19-15-16-10-11-17(21-13-5-2)18(14-16)20-6-3;/h5,10-11,14,19H,2,4,6-9,12-13,15H2,1,3H3;1H. The van der Waals surface area contributed by atoms with Gasteiger partial charge in [-0.25, -0.2) is 0 Å². The molecular formula is C18H30ClNO2. The highest BCUT2D eigenvalue weighted by atomic mass is 35.5. The van der Waals surface area contributed by atoms with E-state index in [4.69, 9.17) is 9.47 Å². The third-order valence-corrected chi connectivity index (χ3v) is 3.20. The van der Waals surface area contributed by atoms with Gasteiger partial charge in [-0.3, -0.25) is 0 Å². The highest BCUT2D eigenvalue weighted by Gasteiger charge is 2.06. The summed E-state index contributed by atoms with van der Waals surface area (Å²) in [6, 6.07) is 6.11. The first kappa shape index (κ1) is 20.8. The van der Waals surface area contributed by atoms with E-state index in [9.17, 15) is 0 Å². The fraction of sp³-hybridized carbons (Fsp3) is 0.556. The molecule has 0 aromatic heterocycles. The Morgan fingerprint density at radius 3 is 2.59 bits per heavy atom. The minimum absolute atomic E-state index is 0. The Balaban J connectivity index is 0.00000441. The molecule has 0 spiro atoms. The van der Waals surface area contributed by atoms with Gasteiger partial charge in [0.2, 0.25) is 0 Å². The van der Waals surface area contributed by atoms with E-state index in [0.717, 1.165) is 24.6 Å². The molecule has 0 unspecified atom stereocenters. The molecule has 0 atom stereocenters. The van der Waals surface area contributed by atoms with E-state index in [1.807, 2.05) is 13.0 Å². The van der Waals surface area contributed by atoms with Crippen LogP contribution in [0.2, 0.25) is 0 Å². The lowest BCUT2D eigenvalue weighted by atomic mass is 10.2. The maximum atomic E-state index is 5.65. The number of nitrogens with one attached hydrogen (secondary N) is 1. The van der Waals surface area contributed by atoms with Gasteiger partial charge in [-0.1, -0.05) is 44.9 Å². The van der Waals surface area contributed by atoms with Gasteiger partial charge in [0.15, 0.2) is 11.5 Å². The molecule has 1 aromatic carbocycles. The van der Waals surface area contributed by atoms with Gasteiger partial charge in [0, 0.05) is 6.54 Å². The van der Waals surface area contributed by atoms with E-state index < -0.39 is 0 Å². The maximum Gasteiger partial charge on any atom is 0.161 e. The first-order chi connectivity index (χ1) is 10.3. The molecule has 0 bridgehead atoms. The van der Waals surface area contributed by atoms with Crippen LogP contribution >= 0.6 is 12.4 Å². The Kier molecular flexibility index (Phi) is 12.7. The summed E-state index contributed by atoms with van der Waals surface area (Å²) in [5.41, 5.74) is 1.22. The molecule has 1 rings (SSSR count). The summed E-state index contributed by atoms with van der Waals surface area (Å²) < 4.78 is 11.2. The monoisotopic (exact) mass is 327 g/mol. The summed E-state index contributed by atoms with van der Waals surface area (Å²) in [6.07, 6.45) is 6.89. The summed E-state index contributed by atoms with van der Waals surface area (Å²) >= 11 is 0. The smallest absolute Gasteiger partial charge is 0.161 e. The molecule has 1 aromatic rings. The lowest BCUT2D eigenvalue weighted by molar-refractivity contribution is 0.296. The normalized spacial score (nSPS) is 9.91. The first-order valence-corrected chi connectivity index (χ1v) is 8.02. The molecule has 0 aliphatic carbocycles. The summed E-state index contributed by atoms with van der Waals surface area (Å²) in [7, 11) is 0. The zero-order valence-corrected chi connectivity index (χ0v) is 14.7. The summed E-state index contributed by atoms with van der Waals surface area (Å²) in [5, 5.41) is 3.48. The Hall–Kier alpha value is -1.19. The van der Waals surface area contributed by atoms with Crippen LogP contribution in [0.3, 0.4) is 0 Å². The molecule has 0 saturated carbocycles. The Bertz CT molecular complexity index is 410. The van der Waals surface area contributed by atoms with E-state index in [1.54, 1.807) is 6.08 Å². The molecule has 4 heteroatoms. The molecule has 22 heavy (non-hydrogen) atoms. The second-order valence-corrected chi connectivity index (χ2v) is 5.05. The van der Waals surface area contributed by atoms with Gasteiger partial charge < -0.3 is 14.8 Å². The van der Waals surface area contributed by atoms with Crippen molar-refractivity contribution in [3.05, 3.63) is 36.4 Å². The largest absolute Gasteiger partial charge is 0.490 e. The van der Waals surface area contributed by atoms with Crippen molar-refractivity contribution in [1.82, 2.24) is 5.32 Å². The van der Waals surface area contributed by atoms with Gasteiger partial charge in [-0.05, 0) is 37.6 Å². The molecule has 0 aliphatic heterocycles. The topological polar surface area (TPSA) is 30.5 Å². The number of hydrogen-bond acceptors (Lipinski definition) is 3. The number of hydrogen-bond donors (Lipinski definition) is 1. The molecule has 1 N–H and O–H groups in total. The molecule has 0 saturated heterocycles. The highest BCUT2D eigenvalue weighted by molar-refractivity contribution is 5.85. The lowest BCUT2D eigenvalue weighted by Gasteiger charge is -2.13. The van der Waals surface area contributed by atoms with Crippen molar-refractivity contribution in [3.63, 3.8) is 0 Å². The van der Waals surface area contributed by atoms with Crippen LogP contribution in [0.15, 0.2) is 30.9 Å². The third-order valence-electron chi connectivity index (χ3n) is 3.20. The van der Waals surface area contributed by atoms with Crippen LogP contribution in [0, 0.1) is 0 Å². The molecule has 0 aliphatic rings. The maximum absolute atomic E-state index is 5.65. The molecule has 0 amide bonds. The highest BCUT2D eigenvalue weighted by Crippen LogP contribution is 2.28. The van der Waals surface area contributed by atoms with E-state index in [0.29, 0.717) is 13.2 Å². The van der Waals surface area contributed by atoms with Crippen molar-refractivity contribution in [2.45, 2.75) is 46.1 Å². The molecule has 0 fully saturated rings. The van der Waals surface area contributed by atoms with Crippen LogP contribution in [-0.2, 0) is 6.54 Å². The Labute approximate surface area is 141 Å². The van der Waals surface area contributed by atoms with Gasteiger partial charge in [0.1, 0.15) is 6.61 Å². The van der Waals surface area contributed by atoms with Gasteiger partial charge in [0.05, 0.1) is 6.61 Å². The number of benzene rings is 1. The van der Waals surface area contributed by atoms with Crippen LogP contribution < -0.4 is 14.8 Å². The summed E-state index contributed by atoms with van der Waals surface area (Å²) in [5.74, 6) is 1.59. The Morgan fingerprint density at radius 1 is 1.09 bits per heavy atom. The zero-order valence-electron chi connectivity index (χ0n) is 13.9. The predicted molar refractivity (Wildman–Crippen MR) is 96.4 cm³/mol. The van der Waals surface area contributed by atoms with Gasteiger partial charge in [-0.2, -0.15) is 0 Å².